The van der Waals surface area contributed by atoms with E-state index >= 15 is 0 Å². The van der Waals surface area contributed by atoms with Crippen LogP contribution in [0.3, 0.4) is 0 Å². The molecule has 16 heavy (non-hydrogen) atoms. The van der Waals surface area contributed by atoms with Gasteiger partial charge in [0, 0.05) is 6.04 Å². The smallest absolute Gasteiger partial charge is 0.00413 e. The van der Waals surface area contributed by atoms with Gasteiger partial charge in [0.25, 0.3) is 0 Å². The third-order valence-corrected chi connectivity index (χ3v) is 3.36. The van der Waals surface area contributed by atoms with Gasteiger partial charge in [-0.2, -0.15) is 0 Å². The number of aryl methyl sites for hydroxylation is 1. The van der Waals surface area contributed by atoms with Gasteiger partial charge in [0.2, 0.25) is 0 Å². The Morgan fingerprint density at radius 1 is 1.25 bits per heavy atom. The minimum absolute atomic E-state index is 0.711. The molecule has 0 amide bonds. The van der Waals surface area contributed by atoms with Crippen LogP contribution in [0, 0.1) is 5.92 Å². The van der Waals surface area contributed by atoms with Crippen LogP contribution in [0.2, 0.25) is 0 Å². The molecule has 1 atom stereocenters. The molecule has 0 heterocycles. The highest BCUT2D eigenvalue weighted by atomic mass is 14.9. The summed E-state index contributed by atoms with van der Waals surface area (Å²) in [6.45, 7) is 3.48. The maximum atomic E-state index is 3.62. The fraction of sp³-hybridized carbons (Fsp3) is 0.600. The van der Waals surface area contributed by atoms with Gasteiger partial charge in [-0.3, -0.25) is 0 Å². The fourth-order valence-electron chi connectivity index (χ4n) is 2.22. The summed E-state index contributed by atoms with van der Waals surface area (Å²) in [5.74, 6) is 1.04. The Bertz CT molecular complexity index is 290. The lowest BCUT2D eigenvalue weighted by Gasteiger charge is -2.12. The molecular formula is C15H23N. The van der Waals surface area contributed by atoms with E-state index in [-0.39, 0.29) is 0 Å². The van der Waals surface area contributed by atoms with E-state index < -0.39 is 0 Å². The first-order chi connectivity index (χ1) is 7.84. The number of hydrogen-bond donors (Lipinski definition) is 1. The van der Waals surface area contributed by atoms with Crippen LogP contribution in [0.1, 0.15) is 38.2 Å². The van der Waals surface area contributed by atoms with Gasteiger partial charge in [0.05, 0.1) is 0 Å². The number of rotatable bonds is 7. The van der Waals surface area contributed by atoms with Crippen LogP contribution in [-0.2, 0) is 6.42 Å². The summed E-state index contributed by atoms with van der Waals surface area (Å²) >= 11 is 0. The highest BCUT2D eigenvalue weighted by Crippen LogP contribution is 2.33. The average molecular weight is 217 g/mol. The van der Waals surface area contributed by atoms with Crippen molar-refractivity contribution in [3.05, 3.63) is 35.9 Å². The molecule has 88 valence electrons. The zero-order valence-corrected chi connectivity index (χ0v) is 10.3. The Hall–Kier alpha value is -0.820. The van der Waals surface area contributed by atoms with Gasteiger partial charge in [-0.1, -0.05) is 43.2 Å². The molecule has 0 bridgehead atoms. The normalized spacial score (nSPS) is 17.3. The van der Waals surface area contributed by atoms with Crippen molar-refractivity contribution in [2.75, 3.05) is 6.54 Å². The highest BCUT2D eigenvalue weighted by Gasteiger charge is 2.22. The van der Waals surface area contributed by atoms with E-state index in [0.29, 0.717) is 6.04 Å². The van der Waals surface area contributed by atoms with Gasteiger partial charge in [0.1, 0.15) is 0 Å². The van der Waals surface area contributed by atoms with E-state index in [4.69, 9.17) is 0 Å². The van der Waals surface area contributed by atoms with Gasteiger partial charge >= 0.3 is 0 Å². The Morgan fingerprint density at radius 2 is 2.00 bits per heavy atom. The molecule has 1 N–H and O–H groups in total. The molecule has 1 unspecified atom stereocenters. The Kier molecular flexibility index (Phi) is 4.41. The summed E-state index contributed by atoms with van der Waals surface area (Å²) in [4.78, 5) is 0. The lowest BCUT2D eigenvalue weighted by molar-refractivity contribution is 0.482. The number of benzene rings is 1. The van der Waals surface area contributed by atoms with Crippen molar-refractivity contribution in [1.29, 1.82) is 0 Å². The molecule has 2 rings (SSSR count). The Balaban J connectivity index is 1.54. The number of hydrogen-bond acceptors (Lipinski definition) is 1. The predicted molar refractivity (Wildman–Crippen MR) is 69.6 cm³/mol. The van der Waals surface area contributed by atoms with Crippen LogP contribution in [-0.4, -0.2) is 12.6 Å². The molecule has 1 aliphatic carbocycles. The van der Waals surface area contributed by atoms with Gasteiger partial charge in [-0.05, 0) is 44.2 Å². The van der Waals surface area contributed by atoms with Crippen molar-refractivity contribution in [1.82, 2.24) is 5.32 Å². The molecule has 0 aromatic heterocycles. The topological polar surface area (TPSA) is 12.0 Å². The quantitative estimate of drug-likeness (QED) is 0.690. The Morgan fingerprint density at radius 3 is 2.69 bits per heavy atom. The van der Waals surface area contributed by atoms with Crippen molar-refractivity contribution in [3.63, 3.8) is 0 Å². The van der Waals surface area contributed by atoms with Crippen molar-refractivity contribution in [2.45, 2.75) is 45.1 Å². The zero-order chi connectivity index (χ0) is 11.2. The van der Waals surface area contributed by atoms with Crippen LogP contribution < -0.4 is 5.32 Å². The minimum atomic E-state index is 0.711. The van der Waals surface area contributed by atoms with E-state index in [1.54, 1.807) is 0 Å². The van der Waals surface area contributed by atoms with Crippen LogP contribution in [0.5, 0.6) is 0 Å². The first-order valence-corrected chi connectivity index (χ1v) is 6.62. The predicted octanol–water partition coefficient (Wildman–Crippen LogP) is 3.40. The monoisotopic (exact) mass is 217 g/mol. The molecule has 0 radical (unpaired) electrons. The van der Waals surface area contributed by atoms with Crippen molar-refractivity contribution in [2.24, 2.45) is 5.92 Å². The molecule has 1 aromatic carbocycles. The van der Waals surface area contributed by atoms with Gasteiger partial charge in [-0.25, -0.2) is 0 Å². The van der Waals surface area contributed by atoms with Gasteiger partial charge in [0.15, 0.2) is 0 Å². The molecule has 1 aliphatic rings. The summed E-state index contributed by atoms with van der Waals surface area (Å²) in [5.41, 5.74) is 1.46. The average Bonchev–Trinajstić information content (AvgIpc) is 3.10. The van der Waals surface area contributed by atoms with E-state index in [1.807, 2.05) is 0 Å². The molecule has 1 nitrogen and oxygen atoms in total. The maximum Gasteiger partial charge on any atom is 0.00413 e. The summed E-state index contributed by atoms with van der Waals surface area (Å²) in [6, 6.07) is 11.5. The van der Waals surface area contributed by atoms with Crippen LogP contribution in [0.4, 0.5) is 0 Å². The summed E-state index contributed by atoms with van der Waals surface area (Å²) in [5, 5.41) is 3.62. The third-order valence-electron chi connectivity index (χ3n) is 3.36. The summed E-state index contributed by atoms with van der Waals surface area (Å²) in [7, 11) is 0. The minimum Gasteiger partial charge on any atom is -0.314 e. The lowest BCUT2D eigenvalue weighted by atomic mass is 10.1. The number of nitrogens with one attached hydrogen (secondary N) is 1. The van der Waals surface area contributed by atoms with Gasteiger partial charge < -0.3 is 5.32 Å². The lowest BCUT2D eigenvalue weighted by Crippen LogP contribution is -2.27. The third kappa shape index (κ3) is 4.36. The van der Waals surface area contributed by atoms with Crippen LogP contribution in [0.25, 0.3) is 0 Å². The summed E-state index contributed by atoms with van der Waals surface area (Å²) < 4.78 is 0. The molecule has 1 fully saturated rings. The van der Waals surface area contributed by atoms with E-state index in [2.05, 4.69) is 42.6 Å². The second kappa shape index (κ2) is 6.05. The van der Waals surface area contributed by atoms with Crippen LogP contribution >= 0.6 is 0 Å². The van der Waals surface area contributed by atoms with Crippen molar-refractivity contribution < 1.29 is 0 Å². The largest absolute Gasteiger partial charge is 0.314 e. The van der Waals surface area contributed by atoms with Crippen molar-refractivity contribution in [3.8, 4) is 0 Å². The molecule has 1 heteroatoms. The second-order valence-electron chi connectivity index (χ2n) is 5.12. The van der Waals surface area contributed by atoms with Crippen molar-refractivity contribution >= 4 is 0 Å². The molecular weight excluding hydrogens is 194 g/mol. The first kappa shape index (κ1) is 11.7. The summed E-state index contributed by atoms with van der Waals surface area (Å²) in [6.07, 6.45) is 6.76. The second-order valence-corrected chi connectivity index (χ2v) is 5.12. The van der Waals surface area contributed by atoms with Gasteiger partial charge in [-0.15, -0.1) is 0 Å². The van der Waals surface area contributed by atoms with E-state index in [1.165, 1.54) is 37.7 Å². The van der Waals surface area contributed by atoms with Crippen LogP contribution in [0.15, 0.2) is 30.3 Å². The standard InChI is InChI=1S/C15H23N/c1-13(12-15-9-10-15)16-11-5-8-14-6-3-2-4-7-14/h2-4,6-7,13,15-16H,5,8-12H2,1H3. The maximum absolute atomic E-state index is 3.62. The van der Waals surface area contributed by atoms with E-state index in [0.717, 1.165) is 12.5 Å². The zero-order valence-electron chi connectivity index (χ0n) is 10.3. The molecule has 0 aliphatic heterocycles. The molecule has 0 saturated heterocycles. The first-order valence-electron chi connectivity index (χ1n) is 6.62. The molecule has 1 aromatic rings. The fourth-order valence-corrected chi connectivity index (χ4v) is 2.22. The molecule has 1 saturated carbocycles. The Labute approximate surface area is 99.3 Å². The highest BCUT2D eigenvalue weighted by molar-refractivity contribution is 5.14. The van der Waals surface area contributed by atoms with E-state index in [9.17, 15) is 0 Å². The molecule has 0 spiro atoms. The SMILES string of the molecule is CC(CC1CC1)NCCCc1ccccc1.